The molecule has 16 heavy (non-hydrogen) atoms. The first-order valence-electron chi connectivity index (χ1n) is 5.11. The molecule has 0 aromatic heterocycles. The molecule has 0 radical (unpaired) electrons. The van der Waals surface area contributed by atoms with Crippen LogP contribution in [0.25, 0.3) is 0 Å². The summed E-state index contributed by atoms with van der Waals surface area (Å²) in [5, 5.41) is 3.09. The number of anilines is 1. The van der Waals surface area contributed by atoms with Crippen LogP contribution in [0.2, 0.25) is 10.0 Å². The molecule has 0 unspecified atom stereocenters. The predicted octanol–water partition coefficient (Wildman–Crippen LogP) is 3.97. The lowest BCUT2D eigenvalue weighted by Crippen LogP contribution is -2.09. The minimum atomic E-state index is -0.587. The van der Waals surface area contributed by atoms with Gasteiger partial charge in [0.05, 0.1) is 16.7 Å². The maximum absolute atomic E-state index is 13.1. The Bertz CT molecular complexity index is 324. The van der Waals surface area contributed by atoms with Crippen LogP contribution in [0.15, 0.2) is 12.1 Å². The lowest BCUT2D eigenvalue weighted by atomic mass is 10.3. The van der Waals surface area contributed by atoms with Gasteiger partial charge in [-0.1, -0.05) is 30.1 Å². The fourth-order valence-corrected chi connectivity index (χ4v) is 1.66. The molecule has 0 aliphatic rings. The SMILES string of the molecule is CCCOCCNc1cc(Cl)c(F)c(Cl)c1. The number of hydrogen-bond acceptors (Lipinski definition) is 2. The van der Waals surface area contributed by atoms with E-state index in [-0.39, 0.29) is 10.0 Å². The number of nitrogens with one attached hydrogen (secondary N) is 1. The summed E-state index contributed by atoms with van der Waals surface area (Å²) >= 11 is 11.3. The zero-order chi connectivity index (χ0) is 12.0. The molecule has 5 heteroatoms. The van der Waals surface area contributed by atoms with E-state index in [2.05, 4.69) is 5.32 Å². The average Bonchev–Trinajstić information content (AvgIpc) is 2.25. The van der Waals surface area contributed by atoms with Crippen LogP contribution in [0.1, 0.15) is 13.3 Å². The lowest BCUT2D eigenvalue weighted by Gasteiger charge is -2.08. The van der Waals surface area contributed by atoms with E-state index < -0.39 is 5.82 Å². The van der Waals surface area contributed by atoms with Crippen molar-refractivity contribution in [2.75, 3.05) is 25.1 Å². The Kier molecular flexibility index (Phi) is 5.88. The summed E-state index contributed by atoms with van der Waals surface area (Å²) in [5.74, 6) is -0.587. The third-order valence-corrected chi connectivity index (χ3v) is 2.46. The zero-order valence-corrected chi connectivity index (χ0v) is 10.5. The molecule has 2 nitrogen and oxygen atoms in total. The number of hydrogen-bond donors (Lipinski definition) is 1. The van der Waals surface area contributed by atoms with Crippen molar-refractivity contribution in [2.24, 2.45) is 0 Å². The van der Waals surface area contributed by atoms with Gasteiger partial charge in [0.15, 0.2) is 5.82 Å². The number of halogens is 3. The highest BCUT2D eigenvalue weighted by Gasteiger charge is 2.06. The van der Waals surface area contributed by atoms with Crippen LogP contribution in [0, 0.1) is 5.82 Å². The molecular formula is C11H14Cl2FNO. The van der Waals surface area contributed by atoms with Crippen LogP contribution in [0.3, 0.4) is 0 Å². The summed E-state index contributed by atoms with van der Waals surface area (Å²) in [6, 6.07) is 3.01. The van der Waals surface area contributed by atoms with Gasteiger partial charge in [0.25, 0.3) is 0 Å². The molecule has 0 aliphatic carbocycles. The van der Waals surface area contributed by atoms with Gasteiger partial charge in [-0.25, -0.2) is 4.39 Å². The molecule has 0 spiro atoms. The minimum Gasteiger partial charge on any atom is -0.383 e. The highest BCUT2D eigenvalue weighted by Crippen LogP contribution is 2.27. The molecule has 0 heterocycles. The highest BCUT2D eigenvalue weighted by atomic mass is 35.5. The smallest absolute Gasteiger partial charge is 0.160 e. The van der Waals surface area contributed by atoms with Crippen molar-refractivity contribution in [1.29, 1.82) is 0 Å². The molecule has 0 aliphatic heterocycles. The van der Waals surface area contributed by atoms with Gasteiger partial charge in [-0.05, 0) is 18.6 Å². The van der Waals surface area contributed by atoms with Crippen molar-refractivity contribution < 1.29 is 9.13 Å². The first-order valence-corrected chi connectivity index (χ1v) is 5.87. The maximum atomic E-state index is 13.1. The fourth-order valence-electron chi connectivity index (χ4n) is 1.17. The Morgan fingerprint density at radius 2 is 1.88 bits per heavy atom. The Balaban J connectivity index is 2.43. The second-order valence-electron chi connectivity index (χ2n) is 3.29. The molecule has 1 rings (SSSR count). The van der Waals surface area contributed by atoms with E-state index in [1.54, 1.807) is 0 Å². The van der Waals surface area contributed by atoms with Gasteiger partial charge in [-0.2, -0.15) is 0 Å². The summed E-state index contributed by atoms with van der Waals surface area (Å²) in [7, 11) is 0. The first-order chi connectivity index (χ1) is 7.65. The first kappa shape index (κ1) is 13.6. The van der Waals surface area contributed by atoms with E-state index >= 15 is 0 Å². The monoisotopic (exact) mass is 265 g/mol. The van der Waals surface area contributed by atoms with Gasteiger partial charge in [-0.15, -0.1) is 0 Å². The van der Waals surface area contributed by atoms with Gasteiger partial charge < -0.3 is 10.1 Å². The third-order valence-electron chi connectivity index (χ3n) is 1.91. The fraction of sp³-hybridized carbons (Fsp3) is 0.455. The van der Waals surface area contributed by atoms with Crippen molar-refractivity contribution >= 4 is 28.9 Å². The zero-order valence-electron chi connectivity index (χ0n) is 9.03. The van der Waals surface area contributed by atoms with E-state index in [1.807, 2.05) is 6.92 Å². The van der Waals surface area contributed by atoms with Crippen LogP contribution >= 0.6 is 23.2 Å². The second-order valence-corrected chi connectivity index (χ2v) is 4.11. The number of rotatable bonds is 6. The van der Waals surface area contributed by atoms with Gasteiger partial charge in [-0.3, -0.25) is 0 Å². The predicted molar refractivity (Wildman–Crippen MR) is 66.0 cm³/mol. The van der Waals surface area contributed by atoms with Crippen LogP contribution in [0.4, 0.5) is 10.1 Å². The normalized spacial score (nSPS) is 10.5. The summed E-state index contributed by atoms with van der Waals surface area (Å²) in [6.45, 7) is 4.03. The number of ether oxygens (including phenoxy) is 1. The van der Waals surface area contributed by atoms with Gasteiger partial charge in [0, 0.05) is 18.8 Å². The lowest BCUT2D eigenvalue weighted by molar-refractivity contribution is 0.144. The average molecular weight is 266 g/mol. The van der Waals surface area contributed by atoms with Crippen LogP contribution < -0.4 is 5.32 Å². The van der Waals surface area contributed by atoms with Crippen LogP contribution in [0.5, 0.6) is 0 Å². The molecular weight excluding hydrogens is 252 g/mol. The van der Waals surface area contributed by atoms with E-state index in [1.165, 1.54) is 12.1 Å². The summed E-state index contributed by atoms with van der Waals surface area (Å²) in [5.41, 5.74) is 0.691. The van der Waals surface area contributed by atoms with E-state index in [9.17, 15) is 4.39 Å². The Hall–Kier alpha value is -0.510. The standard InChI is InChI=1S/C11H14Cl2FNO/c1-2-4-16-5-3-15-8-6-9(12)11(14)10(13)7-8/h6-7,15H,2-5H2,1H3. The minimum absolute atomic E-state index is 0.0180. The second kappa shape index (κ2) is 6.94. The van der Waals surface area contributed by atoms with Crippen molar-refractivity contribution in [3.63, 3.8) is 0 Å². The molecule has 0 bridgehead atoms. The molecule has 0 atom stereocenters. The van der Waals surface area contributed by atoms with Crippen molar-refractivity contribution in [3.8, 4) is 0 Å². The summed E-state index contributed by atoms with van der Waals surface area (Å²) < 4.78 is 18.4. The van der Waals surface area contributed by atoms with Gasteiger partial charge in [0.1, 0.15) is 0 Å². The molecule has 0 saturated carbocycles. The summed E-state index contributed by atoms with van der Waals surface area (Å²) in [4.78, 5) is 0. The molecule has 0 saturated heterocycles. The largest absolute Gasteiger partial charge is 0.383 e. The third kappa shape index (κ3) is 4.16. The van der Waals surface area contributed by atoms with Gasteiger partial charge in [0.2, 0.25) is 0 Å². The Morgan fingerprint density at radius 1 is 1.25 bits per heavy atom. The topological polar surface area (TPSA) is 21.3 Å². The van der Waals surface area contributed by atoms with Crippen molar-refractivity contribution in [3.05, 3.63) is 28.0 Å². The van der Waals surface area contributed by atoms with E-state index in [0.29, 0.717) is 18.8 Å². The van der Waals surface area contributed by atoms with Crippen molar-refractivity contribution in [2.45, 2.75) is 13.3 Å². The molecule has 90 valence electrons. The molecule has 1 aromatic carbocycles. The van der Waals surface area contributed by atoms with E-state index in [0.717, 1.165) is 13.0 Å². The molecule has 1 aromatic rings. The number of benzene rings is 1. The van der Waals surface area contributed by atoms with Crippen LogP contribution in [-0.2, 0) is 4.74 Å². The van der Waals surface area contributed by atoms with Crippen LogP contribution in [-0.4, -0.2) is 19.8 Å². The quantitative estimate of drug-likeness (QED) is 0.621. The highest BCUT2D eigenvalue weighted by molar-refractivity contribution is 6.35. The molecule has 0 amide bonds. The summed E-state index contributed by atoms with van der Waals surface area (Å²) in [6.07, 6.45) is 0.994. The Labute approximate surface area is 105 Å². The molecule has 0 fully saturated rings. The van der Waals surface area contributed by atoms with Crippen molar-refractivity contribution in [1.82, 2.24) is 0 Å². The Morgan fingerprint density at radius 3 is 2.44 bits per heavy atom. The van der Waals surface area contributed by atoms with Gasteiger partial charge >= 0.3 is 0 Å². The molecule has 1 N–H and O–H groups in total. The maximum Gasteiger partial charge on any atom is 0.160 e. The van der Waals surface area contributed by atoms with E-state index in [4.69, 9.17) is 27.9 Å².